The molecule has 1 aromatic carbocycles. The van der Waals surface area contributed by atoms with Crippen molar-refractivity contribution in [2.75, 3.05) is 13.1 Å². The number of piperidine rings is 1. The van der Waals surface area contributed by atoms with E-state index in [4.69, 9.17) is 5.73 Å². The number of hydrogen-bond donors (Lipinski definition) is 1. The first-order valence-corrected chi connectivity index (χ1v) is 7.23. The van der Waals surface area contributed by atoms with Crippen molar-refractivity contribution in [1.29, 1.82) is 0 Å². The molecule has 2 heteroatoms. The van der Waals surface area contributed by atoms with Crippen LogP contribution in [0.3, 0.4) is 0 Å². The smallest absolute Gasteiger partial charge is 0.0237 e. The van der Waals surface area contributed by atoms with Gasteiger partial charge in [-0.25, -0.2) is 0 Å². The molecule has 1 atom stereocenters. The van der Waals surface area contributed by atoms with Crippen LogP contribution in [0.1, 0.15) is 50.2 Å². The highest BCUT2D eigenvalue weighted by Gasteiger charge is 2.20. The number of nitrogens with two attached hydrogens (primary N) is 1. The molecule has 0 radical (unpaired) electrons. The molecule has 1 unspecified atom stereocenters. The highest BCUT2D eigenvalue weighted by atomic mass is 15.2. The largest absolute Gasteiger partial charge is 0.329 e. The topological polar surface area (TPSA) is 29.3 Å². The van der Waals surface area contributed by atoms with Crippen molar-refractivity contribution in [3.05, 3.63) is 35.4 Å². The molecule has 0 saturated carbocycles. The molecule has 1 saturated heterocycles. The van der Waals surface area contributed by atoms with Gasteiger partial charge in [0.15, 0.2) is 0 Å². The van der Waals surface area contributed by atoms with Gasteiger partial charge in [-0.3, -0.25) is 4.90 Å². The van der Waals surface area contributed by atoms with Crippen LogP contribution in [-0.4, -0.2) is 24.0 Å². The van der Waals surface area contributed by atoms with Crippen molar-refractivity contribution in [2.24, 2.45) is 5.73 Å². The van der Waals surface area contributed by atoms with E-state index in [0.717, 1.165) is 13.1 Å². The molecule has 2 nitrogen and oxygen atoms in total. The zero-order valence-electron chi connectivity index (χ0n) is 11.7. The van der Waals surface area contributed by atoms with E-state index in [-0.39, 0.29) is 0 Å². The van der Waals surface area contributed by atoms with Crippen LogP contribution < -0.4 is 5.73 Å². The molecular weight excluding hydrogens is 220 g/mol. The summed E-state index contributed by atoms with van der Waals surface area (Å²) >= 11 is 0. The third kappa shape index (κ3) is 3.33. The van der Waals surface area contributed by atoms with E-state index in [2.05, 4.69) is 43.0 Å². The van der Waals surface area contributed by atoms with E-state index in [9.17, 15) is 0 Å². The van der Waals surface area contributed by atoms with Gasteiger partial charge in [0.05, 0.1) is 0 Å². The van der Waals surface area contributed by atoms with Gasteiger partial charge in [-0.1, -0.05) is 44.5 Å². The van der Waals surface area contributed by atoms with Gasteiger partial charge in [-0.2, -0.15) is 0 Å². The third-order valence-electron chi connectivity index (χ3n) is 4.05. The fourth-order valence-corrected chi connectivity index (χ4v) is 2.78. The van der Waals surface area contributed by atoms with Crippen molar-refractivity contribution in [3.63, 3.8) is 0 Å². The fraction of sp³-hybridized carbons (Fsp3) is 0.625. The van der Waals surface area contributed by atoms with Crippen LogP contribution >= 0.6 is 0 Å². The molecule has 1 aromatic rings. The average Bonchev–Trinajstić information content (AvgIpc) is 2.40. The second-order valence-electron chi connectivity index (χ2n) is 5.75. The first-order valence-electron chi connectivity index (χ1n) is 7.23. The Morgan fingerprint density at radius 3 is 2.56 bits per heavy atom. The molecule has 0 amide bonds. The van der Waals surface area contributed by atoms with Gasteiger partial charge in [0, 0.05) is 19.1 Å². The van der Waals surface area contributed by atoms with Gasteiger partial charge in [0.25, 0.3) is 0 Å². The highest BCUT2D eigenvalue weighted by molar-refractivity contribution is 5.24. The van der Waals surface area contributed by atoms with Crippen LogP contribution in [-0.2, 0) is 6.54 Å². The highest BCUT2D eigenvalue weighted by Crippen LogP contribution is 2.20. The van der Waals surface area contributed by atoms with Crippen LogP contribution in [0.2, 0.25) is 0 Å². The minimum Gasteiger partial charge on any atom is -0.329 e. The Morgan fingerprint density at radius 2 is 1.94 bits per heavy atom. The molecule has 1 aliphatic heterocycles. The van der Waals surface area contributed by atoms with Gasteiger partial charge in [0.2, 0.25) is 0 Å². The van der Waals surface area contributed by atoms with Crippen molar-refractivity contribution < 1.29 is 0 Å². The molecular formula is C16H26N2. The molecule has 1 fully saturated rings. The lowest BCUT2D eigenvalue weighted by Crippen LogP contribution is -2.43. The summed E-state index contributed by atoms with van der Waals surface area (Å²) in [5.74, 6) is 0.617. The Labute approximate surface area is 111 Å². The van der Waals surface area contributed by atoms with Crippen LogP contribution in [0, 0.1) is 0 Å². The van der Waals surface area contributed by atoms with E-state index >= 15 is 0 Å². The van der Waals surface area contributed by atoms with Crippen LogP contribution in [0.4, 0.5) is 0 Å². The molecule has 1 aliphatic rings. The summed E-state index contributed by atoms with van der Waals surface area (Å²) in [5.41, 5.74) is 8.71. The molecule has 0 aromatic heterocycles. The summed E-state index contributed by atoms with van der Waals surface area (Å²) in [5, 5.41) is 0. The van der Waals surface area contributed by atoms with E-state index in [1.807, 2.05) is 0 Å². The second kappa shape index (κ2) is 6.35. The van der Waals surface area contributed by atoms with E-state index < -0.39 is 0 Å². The molecule has 18 heavy (non-hydrogen) atoms. The predicted molar refractivity (Wildman–Crippen MR) is 77.6 cm³/mol. The maximum Gasteiger partial charge on any atom is 0.0237 e. The van der Waals surface area contributed by atoms with Crippen molar-refractivity contribution in [3.8, 4) is 0 Å². The standard InChI is InChI=1S/C16H26N2/c1-13(2)15-8-6-14(7-9-15)12-18-10-4-3-5-16(18)11-17/h6-9,13,16H,3-5,10-12,17H2,1-2H3. The molecule has 2 N–H and O–H groups in total. The molecule has 0 aliphatic carbocycles. The minimum atomic E-state index is 0.587. The molecule has 100 valence electrons. The first kappa shape index (κ1) is 13.6. The lowest BCUT2D eigenvalue weighted by molar-refractivity contribution is 0.145. The van der Waals surface area contributed by atoms with Crippen LogP contribution in [0.15, 0.2) is 24.3 Å². The normalized spacial score (nSPS) is 21.4. The molecule has 1 heterocycles. The van der Waals surface area contributed by atoms with E-state index in [1.54, 1.807) is 0 Å². The SMILES string of the molecule is CC(C)c1ccc(CN2CCCCC2CN)cc1. The van der Waals surface area contributed by atoms with Gasteiger partial charge in [0.1, 0.15) is 0 Å². The first-order chi connectivity index (χ1) is 8.70. The predicted octanol–water partition coefficient (Wildman–Crippen LogP) is 3.12. The monoisotopic (exact) mass is 246 g/mol. The Balaban J connectivity index is 1.99. The van der Waals surface area contributed by atoms with Crippen LogP contribution in [0.25, 0.3) is 0 Å². The molecule has 2 rings (SSSR count). The number of hydrogen-bond acceptors (Lipinski definition) is 2. The Morgan fingerprint density at radius 1 is 1.22 bits per heavy atom. The van der Waals surface area contributed by atoms with Gasteiger partial charge < -0.3 is 5.73 Å². The summed E-state index contributed by atoms with van der Waals surface area (Å²) in [4.78, 5) is 2.55. The van der Waals surface area contributed by atoms with Crippen molar-refractivity contribution >= 4 is 0 Å². The number of benzene rings is 1. The average molecular weight is 246 g/mol. The summed E-state index contributed by atoms with van der Waals surface area (Å²) in [6, 6.07) is 9.67. The molecule has 0 bridgehead atoms. The summed E-state index contributed by atoms with van der Waals surface area (Å²) < 4.78 is 0. The maximum atomic E-state index is 5.87. The summed E-state index contributed by atoms with van der Waals surface area (Å²) in [6.07, 6.45) is 3.92. The van der Waals surface area contributed by atoms with E-state index in [1.165, 1.54) is 36.9 Å². The Hall–Kier alpha value is -0.860. The zero-order chi connectivity index (χ0) is 13.0. The van der Waals surface area contributed by atoms with Gasteiger partial charge >= 0.3 is 0 Å². The minimum absolute atomic E-state index is 0.587. The lowest BCUT2D eigenvalue weighted by atomic mass is 9.99. The number of likely N-dealkylation sites (tertiary alicyclic amines) is 1. The van der Waals surface area contributed by atoms with Gasteiger partial charge in [-0.05, 0) is 36.4 Å². The summed E-state index contributed by atoms with van der Waals surface area (Å²) in [7, 11) is 0. The van der Waals surface area contributed by atoms with Crippen molar-refractivity contribution in [1.82, 2.24) is 4.90 Å². The third-order valence-corrected chi connectivity index (χ3v) is 4.05. The van der Waals surface area contributed by atoms with Crippen LogP contribution in [0.5, 0.6) is 0 Å². The Bertz CT molecular complexity index is 356. The second-order valence-corrected chi connectivity index (χ2v) is 5.75. The van der Waals surface area contributed by atoms with E-state index in [0.29, 0.717) is 12.0 Å². The van der Waals surface area contributed by atoms with Gasteiger partial charge in [-0.15, -0.1) is 0 Å². The lowest BCUT2D eigenvalue weighted by Gasteiger charge is -2.35. The molecule has 0 spiro atoms. The maximum absolute atomic E-state index is 5.87. The Kier molecular flexibility index (Phi) is 4.79. The zero-order valence-corrected chi connectivity index (χ0v) is 11.7. The number of rotatable bonds is 4. The number of nitrogens with zero attached hydrogens (tertiary/aromatic N) is 1. The van der Waals surface area contributed by atoms with Crippen molar-refractivity contribution in [2.45, 2.75) is 51.6 Å². The fourth-order valence-electron chi connectivity index (χ4n) is 2.78. The quantitative estimate of drug-likeness (QED) is 0.884. The summed E-state index contributed by atoms with van der Waals surface area (Å²) in [6.45, 7) is 7.53.